The largest absolute Gasteiger partial charge is 0.405 e. The smallest absolute Gasteiger partial charge is 0.337 e. The van der Waals surface area contributed by atoms with Gasteiger partial charge in [-0.15, -0.1) is 0 Å². The van der Waals surface area contributed by atoms with Crippen LogP contribution in [0.1, 0.15) is 26.7 Å². The van der Waals surface area contributed by atoms with Crippen molar-refractivity contribution in [3.8, 4) is 0 Å². The van der Waals surface area contributed by atoms with Crippen molar-refractivity contribution in [2.24, 2.45) is 0 Å². The molecule has 0 bridgehead atoms. The Hall–Kier alpha value is -0.590. The number of rotatable bonds is 6. The second-order valence-corrected chi connectivity index (χ2v) is 5.02. The Kier molecular flexibility index (Phi) is 6.74. The van der Waals surface area contributed by atoms with Gasteiger partial charge in [-0.2, -0.15) is 24.9 Å². The van der Waals surface area contributed by atoms with E-state index in [0.29, 0.717) is 6.54 Å². The SMILES string of the molecule is CCC(CC)(CNC(=O)NCC(F)(F)F)SC. The van der Waals surface area contributed by atoms with Gasteiger partial charge in [0.25, 0.3) is 0 Å². The number of amides is 2. The van der Waals surface area contributed by atoms with Crippen molar-refractivity contribution in [2.45, 2.75) is 37.6 Å². The zero-order chi connectivity index (χ0) is 13.5. The van der Waals surface area contributed by atoms with Gasteiger partial charge >= 0.3 is 12.2 Å². The summed E-state index contributed by atoms with van der Waals surface area (Å²) in [5.41, 5.74) is 0. The van der Waals surface area contributed by atoms with Gasteiger partial charge in [-0.1, -0.05) is 13.8 Å². The summed E-state index contributed by atoms with van der Waals surface area (Å²) in [7, 11) is 0. The van der Waals surface area contributed by atoms with E-state index in [2.05, 4.69) is 5.32 Å². The highest BCUT2D eigenvalue weighted by atomic mass is 32.2. The van der Waals surface area contributed by atoms with E-state index in [0.717, 1.165) is 12.8 Å². The molecule has 3 nitrogen and oxygen atoms in total. The number of carbonyl (C=O) groups excluding carboxylic acids is 1. The Labute approximate surface area is 104 Å². The molecule has 0 aliphatic carbocycles. The van der Waals surface area contributed by atoms with Crippen molar-refractivity contribution in [3.63, 3.8) is 0 Å². The minimum absolute atomic E-state index is 0.102. The molecule has 0 radical (unpaired) electrons. The third kappa shape index (κ3) is 6.65. The lowest BCUT2D eigenvalue weighted by Gasteiger charge is -2.29. The van der Waals surface area contributed by atoms with Gasteiger partial charge in [-0.05, 0) is 19.1 Å². The number of carbonyl (C=O) groups is 1. The molecule has 7 heteroatoms. The molecule has 0 aromatic carbocycles. The van der Waals surface area contributed by atoms with Crippen LogP contribution in [0.4, 0.5) is 18.0 Å². The lowest BCUT2D eigenvalue weighted by molar-refractivity contribution is -0.122. The molecule has 0 rings (SSSR count). The summed E-state index contributed by atoms with van der Waals surface area (Å²) in [6.07, 6.45) is -0.736. The molecule has 17 heavy (non-hydrogen) atoms. The van der Waals surface area contributed by atoms with Crippen molar-refractivity contribution < 1.29 is 18.0 Å². The predicted octanol–water partition coefficient (Wildman–Crippen LogP) is 2.77. The molecular formula is C10H19F3N2OS. The highest BCUT2D eigenvalue weighted by Crippen LogP contribution is 2.29. The van der Waals surface area contributed by atoms with Crippen molar-refractivity contribution in [2.75, 3.05) is 19.3 Å². The topological polar surface area (TPSA) is 41.1 Å². The molecule has 0 atom stereocenters. The molecule has 0 saturated carbocycles. The van der Waals surface area contributed by atoms with Crippen LogP contribution in [0.2, 0.25) is 0 Å². The van der Waals surface area contributed by atoms with E-state index in [1.165, 1.54) is 0 Å². The molecule has 0 aromatic heterocycles. The summed E-state index contributed by atoms with van der Waals surface area (Å²) >= 11 is 1.62. The van der Waals surface area contributed by atoms with E-state index < -0.39 is 18.8 Å². The van der Waals surface area contributed by atoms with E-state index in [1.807, 2.05) is 20.1 Å². The highest BCUT2D eigenvalue weighted by Gasteiger charge is 2.29. The van der Waals surface area contributed by atoms with Gasteiger partial charge in [-0.3, -0.25) is 0 Å². The lowest BCUT2D eigenvalue weighted by Crippen LogP contribution is -2.46. The van der Waals surface area contributed by atoms with Gasteiger partial charge in [0.05, 0.1) is 0 Å². The fraction of sp³-hybridized carbons (Fsp3) is 0.900. The van der Waals surface area contributed by atoms with Crippen LogP contribution in [-0.4, -0.2) is 36.3 Å². The minimum Gasteiger partial charge on any atom is -0.337 e. The first-order valence-electron chi connectivity index (χ1n) is 5.42. The molecule has 0 fully saturated rings. The summed E-state index contributed by atoms with van der Waals surface area (Å²) in [6, 6.07) is -0.775. The Morgan fingerprint density at radius 1 is 1.12 bits per heavy atom. The summed E-state index contributed by atoms with van der Waals surface area (Å²) in [6.45, 7) is 3.05. The van der Waals surface area contributed by atoms with Crippen molar-refractivity contribution in [1.82, 2.24) is 10.6 Å². The number of urea groups is 1. The highest BCUT2D eigenvalue weighted by molar-refractivity contribution is 8.00. The van der Waals surface area contributed by atoms with Crippen LogP contribution in [0, 0.1) is 0 Å². The Bertz CT molecular complexity index is 234. The molecule has 0 aromatic rings. The molecule has 0 heterocycles. The lowest BCUT2D eigenvalue weighted by atomic mass is 10.0. The second kappa shape index (κ2) is 6.98. The van der Waals surface area contributed by atoms with E-state index in [-0.39, 0.29) is 4.75 Å². The molecule has 102 valence electrons. The quantitative estimate of drug-likeness (QED) is 0.780. The minimum atomic E-state index is -4.37. The number of halogens is 3. The maximum Gasteiger partial charge on any atom is 0.405 e. The number of alkyl halides is 3. The second-order valence-electron chi connectivity index (χ2n) is 3.75. The van der Waals surface area contributed by atoms with E-state index in [4.69, 9.17) is 0 Å². The van der Waals surface area contributed by atoms with Gasteiger partial charge in [0.2, 0.25) is 0 Å². The molecule has 0 aliphatic rings. The average Bonchev–Trinajstić information content (AvgIpc) is 2.28. The average molecular weight is 272 g/mol. The summed E-state index contributed by atoms with van der Waals surface area (Å²) in [5.74, 6) is 0. The van der Waals surface area contributed by atoms with Crippen LogP contribution >= 0.6 is 11.8 Å². The third-order valence-corrected chi connectivity index (χ3v) is 4.33. The van der Waals surface area contributed by atoms with Crippen LogP contribution in [-0.2, 0) is 0 Å². The Balaban J connectivity index is 4.06. The van der Waals surface area contributed by atoms with Crippen LogP contribution in [0.25, 0.3) is 0 Å². The Morgan fingerprint density at radius 2 is 1.59 bits per heavy atom. The summed E-state index contributed by atoms with van der Waals surface area (Å²) in [4.78, 5) is 11.2. The van der Waals surface area contributed by atoms with Gasteiger partial charge in [0.1, 0.15) is 6.54 Å². The molecule has 0 aliphatic heterocycles. The van der Waals surface area contributed by atoms with Crippen LogP contribution in [0.15, 0.2) is 0 Å². The third-order valence-electron chi connectivity index (χ3n) is 2.74. The number of nitrogens with one attached hydrogen (secondary N) is 2. The van der Waals surface area contributed by atoms with Crippen LogP contribution < -0.4 is 10.6 Å². The normalized spacial score (nSPS) is 12.4. The van der Waals surface area contributed by atoms with Crippen LogP contribution in [0.5, 0.6) is 0 Å². The number of thioether (sulfide) groups is 1. The predicted molar refractivity (Wildman–Crippen MR) is 64.3 cm³/mol. The zero-order valence-corrected chi connectivity index (χ0v) is 11.1. The van der Waals surface area contributed by atoms with Crippen LogP contribution in [0.3, 0.4) is 0 Å². The molecule has 0 saturated heterocycles. The molecular weight excluding hydrogens is 253 g/mol. The number of hydrogen-bond donors (Lipinski definition) is 2. The van der Waals surface area contributed by atoms with E-state index in [9.17, 15) is 18.0 Å². The van der Waals surface area contributed by atoms with Crippen molar-refractivity contribution in [1.29, 1.82) is 0 Å². The molecule has 2 amide bonds. The molecule has 0 unspecified atom stereocenters. The van der Waals surface area contributed by atoms with Crippen molar-refractivity contribution in [3.05, 3.63) is 0 Å². The Morgan fingerprint density at radius 3 is 1.94 bits per heavy atom. The van der Waals surface area contributed by atoms with E-state index in [1.54, 1.807) is 17.1 Å². The monoisotopic (exact) mass is 272 g/mol. The van der Waals surface area contributed by atoms with Crippen molar-refractivity contribution >= 4 is 17.8 Å². The summed E-state index contributed by atoms with van der Waals surface area (Å²) in [5, 5.41) is 4.26. The number of hydrogen-bond acceptors (Lipinski definition) is 2. The van der Waals surface area contributed by atoms with Gasteiger partial charge < -0.3 is 10.6 Å². The fourth-order valence-corrected chi connectivity index (χ4v) is 2.14. The maximum atomic E-state index is 11.8. The molecule has 2 N–H and O–H groups in total. The van der Waals surface area contributed by atoms with Gasteiger partial charge in [0.15, 0.2) is 0 Å². The fourth-order valence-electron chi connectivity index (χ4n) is 1.35. The van der Waals surface area contributed by atoms with Gasteiger partial charge in [-0.25, -0.2) is 4.79 Å². The molecule has 0 spiro atoms. The van der Waals surface area contributed by atoms with Gasteiger partial charge in [0, 0.05) is 11.3 Å². The van der Waals surface area contributed by atoms with E-state index >= 15 is 0 Å². The first-order chi connectivity index (χ1) is 7.78. The standard InChI is InChI=1S/C10H19F3N2OS/c1-4-9(5-2,17-3)6-14-8(16)15-7-10(11,12)13/h4-7H2,1-3H3,(H2,14,15,16). The zero-order valence-electron chi connectivity index (χ0n) is 10.3. The maximum absolute atomic E-state index is 11.8. The summed E-state index contributed by atoms with van der Waals surface area (Å²) < 4.78 is 35.4. The first-order valence-corrected chi connectivity index (χ1v) is 6.64. The first kappa shape index (κ1) is 16.4.